The van der Waals surface area contributed by atoms with Gasteiger partial charge >= 0.3 is 0 Å². The van der Waals surface area contributed by atoms with E-state index in [1.54, 1.807) is 0 Å². The number of nitrogens with zero attached hydrogens (tertiary/aromatic N) is 1. The lowest BCUT2D eigenvalue weighted by Crippen LogP contribution is -2.47. The van der Waals surface area contributed by atoms with Gasteiger partial charge < -0.3 is 5.32 Å². The van der Waals surface area contributed by atoms with Gasteiger partial charge in [0.05, 0.1) is 0 Å². The highest BCUT2D eigenvalue weighted by Gasteiger charge is 2.21. The second-order valence-electron chi connectivity index (χ2n) is 5.49. The Bertz CT molecular complexity index is 162. The van der Waals surface area contributed by atoms with Crippen LogP contribution in [0.4, 0.5) is 0 Å². The van der Waals surface area contributed by atoms with Crippen molar-refractivity contribution in [3.05, 3.63) is 0 Å². The van der Waals surface area contributed by atoms with E-state index in [9.17, 15) is 0 Å². The lowest BCUT2D eigenvalue weighted by atomic mass is 10.00. The number of rotatable bonds is 5. The van der Waals surface area contributed by atoms with Crippen molar-refractivity contribution < 1.29 is 0 Å². The molecule has 0 aromatic heterocycles. The van der Waals surface area contributed by atoms with Crippen LogP contribution < -0.4 is 5.32 Å². The molecule has 1 N–H and O–H groups in total. The Labute approximate surface area is 95.4 Å². The number of piperidine rings is 1. The average Bonchev–Trinajstić information content (AvgIpc) is 2.26. The maximum Gasteiger partial charge on any atom is 0.0220 e. The predicted molar refractivity (Wildman–Crippen MR) is 67.2 cm³/mol. The Balaban J connectivity index is 2.27. The molecule has 0 saturated carbocycles. The molecular weight excluding hydrogens is 184 g/mol. The van der Waals surface area contributed by atoms with Crippen LogP contribution in [0.5, 0.6) is 0 Å². The molecule has 2 nitrogen and oxygen atoms in total. The molecule has 0 bridgehead atoms. The largest absolute Gasteiger partial charge is 0.315 e. The summed E-state index contributed by atoms with van der Waals surface area (Å²) >= 11 is 0. The van der Waals surface area contributed by atoms with Gasteiger partial charge in [0.15, 0.2) is 0 Å². The van der Waals surface area contributed by atoms with Crippen molar-refractivity contribution in [2.75, 3.05) is 20.1 Å². The molecule has 1 rings (SSSR count). The summed E-state index contributed by atoms with van der Waals surface area (Å²) in [5.41, 5.74) is 0. The summed E-state index contributed by atoms with van der Waals surface area (Å²) in [6, 6.07) is 1.50. The van der Waals surface area contributed by atoms with Crippen molar-refractivity contribution in [1.82, 2.24) is 10.2 Å². The van der Waals surface area contributed by atoms with Gasteiger partial charge in [0.2, 0.25) is 0 Å². The molecule has 2 heteroatoms. The average molecular weight is 212 g/mol. The van der Waals surface area contributed by atoms with Gasteiger partial charge in [0, 0.05) is 18.6 Å². The highest BCUT2D eigenvalue weighted by molar-refractivity contribution is 4.79. The van der Waals surface area contributed by atoms with Crippen molar-refractivity contribution in [2.24, 2.45) is 5.92 Å². The zero-order valence-corrected chi connectivity index (χ0v) is 10.9. The zero-order chi connectivity index (χ0) is 11.3. The quantitative estimate of drug-likeness (QED) is 0.753. The topological polar surface area (TPSA) is 15.3 Å². The minimum Gasteiger partial charge on any atom is -0.315 e. The first-order valence-electron chi connectivity index (χ1n) is 6.54. The smallest absolute Gasteiger partial charge is 0.0220 e. The molecule has 2 unspecified atom stereocenters. The molecular formula is C13H28N2. The first kappa shape index (κ1) is 13.0. The summed E-state index contributed by atoms with van der Waals surface area (Å²) in [5.74, 6) is 0.838. The van der Waals surface area contributed by atoms with E-state index in [2.05, 4.69) is 38.0 Å². The molecule has 1 heterocycles. The molecule has 0 spiro atoms. The molecule has 1 saturated heterocycles. The first-order valence-corrected chi connectivity index (χ1v) is 6.54. The van der Waals surface area contributed by atoms with Gasteiger partial charge in [-0.05, 0) is 52.1 Å². The molecule has 1 aliphatic rings. The van der Waals surface area contributed by atoms with Crippen LogP contribution in [0.3, 0.4) is 0 Å². The summed E-state index contributed by atoms with van der Waals surface area (Å²) in [4.78, 5) is 2.58. The number of likely N-dealkylation sites (N-methyl/N-ethyl adjacent to an activating group) is 1. The molecule has 1 aliphatic heterocycles. The highest BCUT2D eigenvalue weighted by Crippen LogP contribution is 2.16. The van der Waals surface area contributed by atoms with Crippen molar-refractivity contribution in [2.45, 2.75) is 58.5 Å². The summed E-state index contributed by atoms with van der Waals surface area (Å²) < 4.78 is 0. The molecule has 90 valence electrons. The third-order valence-electron chi connectivity index (χ3n) is 3.70. The number of hydrogen-bond acceptors (Lipinski definition) is 2. The lowest BCUT2D eigenvalue weighted by molar-refractivity contribution is 0.145. The number of nitrogens with one attached hydrogen (secondary N) is 1. The van der Waals surface area contributed by atoms with E-state index in [1.165, 1.54) is 38.8 Å². The van der Waals surface area contributed by atoms with Gasteiger partial charge in [-0.2, -0.15) is 0 Å². The third-order valence-corrected chi connectivity index (χ3v) is 3.70. The molecule has 0 aromatic rings. The minimum atomic E-state index is 0.734. The molecule has 1 fully saturated rings. The van der Waals surface area contributed by atoms with Crippen LogP contribution in [0.2, 0.25) is 0 Å². The van der Waals surface area contributed by atoms with Crippen molar-refractivity contribution in [3.63, 3.8) is 0 Å². The van der Waals surface area contributed by atoms with E-state index < -0.39 is 0 Å². The van der Waals surface area contributed by atoms with Gasteiger partial charge in [-0.25, -0.2) is 0 Å². The van der Waals surface area contributed by atoms with E-state index in [1.807, 2.05) is 0 Å². The Kier molecular flexibility index (Phi) is 5.62. The van der Waals surface area contributed by atoms with E-state index in [4.69, 9.17) is 0 Å². The fraction of sp³-hybridized carbons (Fsp3) is 1.00. The second-order valence-corrected chi connectivity index (χ2v) is 5.49. The Morgan fingerprint density at radius 2 is 2.00 bits per heavy atom. The summed E-state index contributed by atoms with van der Waals surface area (Å²) in [6.07, 6.45) is 5.40. The minimum absolute atomic E-state index is 0.734. The van der Waals surface area contributed by atoms with Gasteiger partial charge in [-0.15, -0.1) is 0 Å². The van der Waals surface area contributed by atoms with Crippen molar-refractivity contribution >= 4 is 0 Å². The van der Waals surface area contributed by atoms with Crippen LogP contribution in [0.1, 0.15) is 46.5 Å². The molecule has 0 aromatic carbocycles. The molecule has 0 amide bonds. The maximum atomic E-state index is 3.49. The molecule has 0 aliphatic carbocycles. The molecule has 0 radical (unpaired) electrons. The predicted octanol–water partition coefficient (Wildman–Crippen LogP) is 2.49. The first-order chi connectivity index (χ1) is 7.11. The summed E-state index contributed by atoms with van der Waals surface area (Å²) in [7, 11) is 2.29. The fourth-order valence-corrected chi connectivity index (χ4v) is 2.32. The Morgan fingerprint density at radius 1 is 1.27 bits per heavy atom. The maximum absolute atomic E-state index is 3.49. The van der Waals surface area contributed by atoms with Crippen LogP contribution in [-0.2, 0) is 0 Å². The van der Waals surface area contributed by atoms with Gasteiger partial charge in [0.25, 0.3) is 0 Å². The number of hydrogen-bond donors (Lipinski definition) is 1. The van der Waals surface area contributed by atoms with Crippen LogP contribution in [0.25, 0.3) is 0 Å². The van der Waals surface area contributed by atoms with Gasteiger partial charge in [0.1, 0.15) is 0 Å². The van der Waals surface area contributed by atoms with E-state index in [0.29, 0.717) is 0 Å². The molecule has 2 atom stereocenters. The molecule has 15 heavy (non-hydrogen) atoms. The van der Waals surface area contributed by atoms with Crippen LogP contribution in [-0.4, -0.2) is 37.1 Å². The fourth-order valence-electron chi connectivity index (χ4n) is 2.32. The van der Waals surface area contributed by atoms with Crippen molar-refractivity contribution in [3.8, 4) is 0 Å². The van der Waals surface area contributed by atoms with E-state index >= 15 is 0 Å². The highest BCUT2D eigenvalue weighted by atomic mass is 15.2. The van der Waals surface area contributed by atoms with Crippen molar-refractivity contribution in [1.29, 1.82) is 0 Å². The monoisotopic (exact) mass is 212 g/mol. The Morgan fingerprint density at radius 3 is 2.53 bits per heavy atom. The zero-order valence-electron chi connectivity index (χ0n) is 10.9. The van der Waals surface area contributed by atoms with Crippen LogP contribution in [0, 0.1) is 5.92 Å². The lowest BCUT2D eigenvalue weighted by Gasteiger charge is -2.36. The normalized spacial score (nSPS) is 24.8. The third kappa shape index (κ3) is 4.52. The van der Waals surface area contributed by atoms with Gasteiger partial charge in [-0.1, -0.05) is 13.8 Å². The second kappa shape index (κ2) is 6.49. The van der Waals surface area contributed by atoms with Crippen LogP contribution in [0.15, 0.2) is 0 Å². The summed E-state index contributed by atoms with van der Waals surface area (Å²) in [5, 5.41) is 3.49. The van der Waals surface area contributed by atoms with Crippen LogP contribution >= 0.6 is 0 Å². The van der Waals surface area contributed by atoms with Gasteiger partial charge in [-0.3, -0.25) is 4.90 Å². The van der Waals surface area contributed by atoms with E-state index in [-0.39, 0.29) is 0 Å². The SMILES string of the molecule is CC(C)CCC(C)N(C)C1CCCNC1. The summed E-state index contributed by atoms with van der Waals surface area (Å²) in [6.45, 7) is 9.40. The Hall–Kier alpha value is -0.0800. The van der Waals surface area contributed by atoms with E-state index in [0.717, 1.165) is 18.0 Å². The standard InChI is InChI=1S/C13H28N2/c1-11(2)7-8-12(3)15(4)13-6-5-9-14-10-13/h11-14H,5-10H2,1-4H3.